The summed E-state index contributed by atoms with van der Waals surface area (Å²) in [5.74, 6) is -0.230. The van der Waals surface area contributed by atoms with E-state index in [9.17, 15) is 4.39 Å². The van der Waals surface area contributed by atoms with Gasteiger partial charge in [-0.15, -0.1) is 24.8 Å². The van der Waals surface area contributed by atoms with Crippen molar-refractivity contribution in [1.82, 2.24) is 14.9 Å². The Hall–Kier alpha value is -1.62. The highest BCUT2D eigenvalue weighted by molar-refractivity contribution is 5.85. The van der Waals surface area contributed by atoms with Gasteiger partial charge in [-0.25, -0.2) is 9.37 Å². The molecule has 1 fully saturated rings. The first kappa shape index (κ1) is 21.7. The zero-order valence-corrected chi connectivity index (χ0v) is 17.1. The fraction of sp³-hybridized carbons (Fsp3) is 0.381. The first-order valence-electron chi connectivity index (χ1n) is 9.13. The van der Waals surface area contributed by atoms with Gasteiger partial charge in [0.05, 0.1) is 17.4 Å². The van der Waals surface area contributed by atoms with Gasteiger partial charge in [-0.1, -0.05) is 43.5 Å². The van der Waals surface area contributed by atoms with Crippen LogP contribution in [0.5, 0.6) is 0 Å². The molecule has 146 valence electrons. The summed E-state index contributed by atoms with van der Waals surface area (Å²) in [5.41, 5.74) is 4.31. The van der Waals surface area contributed by atoms with Crippen LogP contribution < -0.4 is 0 Å². The number of nitrogens with one attached hydrogen (secondary N) is 1. The maximum Gasteiger partial charge on any atom is 0.133 e. The van der Waals surface area contributed by atoms with Crippen molar-refractivity contribution >= 4 is 35.8 Å². The minimum Gasteiger partial charge on any atom is -0.345 e. The van der Waals surface area contributed by atoms with Crippen LogP contribution in [0.4, 0.5) is 4.39 Å². The Kier molecular flexibility index (Phi) is 7.66. The normalized spacial score (nSPS) is 14.8. The molecule has 2 aromatic carbocycles. The third kappa shape index (κ3) is 4.81. The van der Waals surface area contributed by atoms with Gasteiger partial charge in [-0.3, -0.25) is 4.90 Å². The van der Waals surface area contributed by atoms with Gasteiger partial charge < -0.3 is 4.98 Å². The van der Waals surface area contributed by atoms with Crippen LogP contribution >= 0.6 is 24.8 Å². The van der Waals surface area contributed by atoms with E-state index in [1.54, 1.807) is 6.33 Å². The van der Waals surface area contributed by atoms with E-state index in [1.165, 1.54) is 43.7 Å². The number of halogens is 3. The maximum absolute atomic E-state index is 14.4. The first-order chi connectivity index (χ1) is 12.2. The lowest BCUT2D eigenvalue weighted by molar-refractivity contribution is 0.184. The number of hydrogen-bond acceptors (Lipinski definition) is 2. The third-order valence-electron chi connectivity index (χ3n) is 5.40. The van der Waals surface area contributed by atoms with E-state index >= 15 is 0 Å². The molecular formula is C21H26Cl2FN3. The van der Waals surface area contributed by atoms with E-state index in [0.717, 1.165) is 17.6 Å². The number of H-pyrrole nitrogens is 1. The number of hydrogen-bond donors (Lipinski definition) is 1. The summed E-state index contributed by atoms with van der Waals surface area (Å²) in [5, 5.41) is 0. The number of fused-ring (bicyclic) bond motifs is 1. The van der Waals surface area contributed by atoms with Crippen LogP contribution in [0.1, 0.15) is 37.7 Å². The van der Waals surface area contributed by atoms with Gasteiger partial charge in [-0.2, -0.15) is 0 Å². The van der Waals surface area contributed by atoms with Crippen molar-refractivity contribution in [3.05, 3.63) is 54.1 Å². The van der Waals surface area contributed by atoms with E-state index in [-0.39, 0.29) is 30.6 Å². The number of benzene rings is 2. The zero-order valence-electron chi connectivity index (χ0n) is 15.5. The van der Waals surface area contributed by atoms with Crippen molar-refractivity contribution < 1.29 is 4.39 Å². The standard InChI is InChI=1S/C21H24FN3.2ClH/c1-25(17-5-3-2-4-6-17)13-15-7-9-16(10-8-15)18-11-20-21(12-19(18)22)24-14-23-20;;/h7-12,14,17H,2-6,13H2,1H3,(H,23,24);2*1H. The van der Waals surface area contributed by atoms with E-state index in [2.05, 4.69) is 34.0 Å². The summed E-state index contributed by atoms with van der Waals surface area (Å²) in [6.07, 6.45) is 8.30. The topological polar surface area (TPSA) is 31.9 Å². The van der Waals surface area contributed by atoms with Crippen molar-refractivity contribution in [2.45, 2.75) is 44.7 Å². The molecule has 3 nitrogen and oxygen atoms in total. The molecule has 0 saturated heterocycles. The lowest BCUT2D eigenvalue weighted by Gasteiger charge is -2.31. The first-order valence-corrected chi connectivity index (χ1v) is 9.13. The molecule has 4 rings (SSSR count). The summed E-state index contributed by atoms with van der Waals surface area (Å²) in [6, 6.07) is 12.3. The van der Waals surface area contributed by atoms with Crippen molar-refractivity contribution in [1.29, 1.82) is 0 Å². The smallest absolute Gasteiger partial charge is 0.133 e. The van der Waals surface area contributed by atoms with Crippen LogP contribution in [-0.2, 0) is 6.54 Å². The summed E-state index contributed by atoms with van der Waals surface area (Å²) in [7, 11) is 2.22. The van der Waals surface area contributed by atoms with E-state index < -0.39 is 0 Å². The molecule has 27 heavy (non-hydrogen) atoms. The second-order valence-corrected chi connectivity index (χ2v) is 7.16. The molecule has 0 amide bonds. The molecule has 0 spiro atoms. The van der Waals surface area contributed by atoms with Crippen LogP contribution in [0.3, 0.4) is 0 Å². The van der Waals surface area contributed by atoms with Gasteiger partial charge in [0.1, 0.15) is 5.82 Å². The Morgan fingerprint density at radius 3 is 2.48 bits per heavy atom. The number of imidazole rings is 1. The van der Waals surface area contributed by atoms with Crippen molar-refractivity contribution in [2.75, 3.05) is 7.05 Å². The van der Waals surface area contributed by atoms with Crippen molar-refractivity contribution in [2.24, 2.45) is 0 Å². The summed E-state index contributed by atoms with van der Waals surface area (Å²) < 4.78 is 14.4. The third-order valence-corrected chi connectivity index (χ3v) is 5.40. The summed E-state index contributed by atoms with van der Waals surface area (Å²) in [6.45, 7) is 0.951. The maximum atomic E-state index is 14.4. The molecule has 0 aliphatic heterocycles. The zero-order chi connectivity index (χ0) is 17.2. The molecule has 0 radical (unpaired) electrons. The average Bonchev–Trinajstić information content (AvgIpc) is 3.09. The lowest BCUT2D eigenvalue weighted by atomic mass is 9.94. The monoisotopic (exact) mass is 409 g/mol. The van der Waals surface area contributed by atoms with Gasteiger partial charge in [-0.05, 0) is 37.1 Å². The Labute approximate surface area is 172 Å². The van der Waals surface area contributed by atoms with Crippen LogP contribution in [-0.4, -0.2) is 28.0 Å². The molecule has 0 atom stereocenters. The molecule has 3 aromatic rings. The molecule has 1 aromatic heterocycles. The van der Waals surface area contributed by atoms with Crippen molar-refractivity contribution in [3.63, 3.8) is 0 Å². The highest BCUT2D eigenvalue weighted by Gasteiger charge is 2.18. The second-order valence-electron chi connectivity index (χ2n) is 7.16. The summed E-state index contributed by atoms with van der Waals surface area (Å²) >= 11 is 0. The van der Waals surface area contributed by atoms with Gasteiger partial charge in [0.2, 0.25) is 0 Å². The highest BCUT2D eigenvalue weighted by Crippen LogP contribution is 2.27. The largest absolute Gasteiger partial charge is 0.345 e. The molecule has 1 saturated carbocycles. The molecule has 0 unspecified atom stereocenters. The number of rotatable bonds is 4. The van der Waals surface area contributed by atoms with Crippen LogP contribution in [0.15, 0.2) is 42.7 Å². The Balaban J connectivity index is 0.00000131. The lowest BCUT2D eigenvalue weighted by Crippen LogP contribution is -2.32. The van der Waals surface area contributed by atoms with Gasteiger partial charge in [0, 0.05) is 24.2 Å². The molecular weight excluding hydrogens is 384 g/mol. The van der Waals surface area contributed by atoms with Gasteiger partial charge >= 0.3 is 0 Å². The number of aromatic amines is 1. The van der Waals surface area contributed by atoms with E-state index in [1.807, 2.05) is 18.2 Å². The Bertz CT molecular complexity index is 857. The second kappa shape index (κ2) is 9.54. The minimum absolute atomic E-state index is 0. The highest BCUT2D eigenvalue weighted by atomic mass is 35.5. The minimum atomic E-state index is -0.230. The predicted octanol–water partition coefficient (Wildman–Crippen LogP) is 5.98. The predicted molar refractivity (Wildman–Crippen MR) is 114 cm³/mol. The average molecular weight is 410 g/mol. The SMILES string of the molecule is CN(Cc1ccc(-c2cc3[nH]cnc3cc2F)cc1)C1CCCCC1.Cl.Cl. The number of nitrogens with zero attached hydrogens (tertiary/aromatic N) is 2. The van der Waals surface area contributed by atoms with Crippen molar-refractivity contribution in [3.8, 4) is 11.1 Å². The fourth-order valence-corrected chi connectivity index (χ4v) is 3.91. The fourth-order valence-electron chi connectivity index (χ4n) is 3.91. The van der Waals surface area contributed by atoms with Crippen LogP contribution in [0.25, 0.3) is 22.2 Å². The van der Waals surface area contributed by atoms with Crippen LogP contribution in [0.2, 0.25) is 0 Å². The van der Waals surface area contributed by atoms with Gasteiger partial charge in [0.15, 0.2) is 0 Å². The summed E-state index contributed by atoms with van der Waals surface area (Å²) in [4.78, 5) is 9.61. The Morgan fingerprint density at radius 1 is 1.07 bits per heavy atom. The molecule has 1 N–H and O–H groups in total. The number of aromatic nitrogens is 2. The van der Waals surface area contributed by atoms with E-state index in [0.29, 0.717) is 17.1 Å². The molecule has 0 bridgehead atoms. The van der Waals surface area contributed by atoms with Crippen LogP contribution in [0, 0.1) is 5.82 Å². The Morgan fingerprint density at radius 2 is 1.78 bits per heavy atom. The molecule has 1 aliphatic rings. The molecule has 6 heteroatoms. The van der Waals surface area contributed by atoms with E-state index in [4.69, 9.17) is 0 Å². The van der Waals surface area contributed by atoms with Gasteiger partial charge in [0.25, 0.3) is 0 Å². The molecule has 1 heterocycles. The molecule has 1 aliphatic carbocycles. The quantitative estimate of drug-likeness (QED) is 0.574.